The molecule has 0 saturated heterocycles. The van der Waals surface area contributed by atoms with E-state index in [-0.39, 0.29) is 18.5 Å². The zero-order chi connectivity index (χ0) is 19.5. The second kappa shape index (κ2) is 18.7. The van der Waals surface area contributed by atoms with Crippen LogP contribution in [0.1, 0.15) is 123 Å². The summed E-state index contributed by atoms with van der Waals surface area (Å²) in [7, 11) is 0. The van der Waals surface area contributed by atoms with E-state index >= 15 is 0 Å². The second-order valence-electron chi connectivity index (χ2n) is 7.47. The van der Waals surface area contributed by atoms with Gasteiger partial charge in [-0.2, -0.15) is 0 Å². The highest BCUT2D eigenvalue weighted by Gasteiger charge is 2.14. The Morgan fingerprint density at radius 2 is 1.15 bits per heavy atom. The summed E-state index contributed by atoms with van der Waals surface area (Å²) in [5.74, 6) is -0.757. The molecule has 0 spiro atoms. The first-order valence-electron chi connectivity index (χ1n) is 11.0. The van der Waals surface area contributed by atoms with Crippen molar-refractivity contribution in [3.8, 4) is 0 Å². The van der Waals surface area contributed by atoms with Gasteiger partial charge in [0, 0.05) is 12.8 Å². The van der Waals surface area contributed by atoms with Crippen LogP contribution in [-0.2, 0) is 14.3 Å². The van der Waals surface area contributed by atoms with Crippen molar-refractivity contribution in [3.63, 3.8) is 0 Å². The highest BCUT2D eigenvalue weighted by molar-refractivity contribution is 5.69. The van der Waals surface area contributed by atoms with Crippen molar-refractivity contribution < 1.29 is 19.4 Å². The van der Waals surface area contributed by atoms with E-state index in [0.29, 0.717) is 6.42 Å². The molecule has 0 aromatic heterocycles. The molecule has 0 aromatic rings. The number of rotatable bonds is 19. The molecule has 0 radical (unpaired) electrons. The van der Waals surface area contributed by atoms with E-state index in [4.69, 9.17) is 9.84 Å². The van der Waals surface area contributed by atoms with Crippen molar-refractivity contribution in [2.45, 2.75) is 129 Å². The van der Waals surface area contributed by atoms with Crippen LogP contribution in [0.15, 0.2) is 0 Å². The number of carboxylic acid groups (broad SMARTS) is 1. The molecule has 4 heteroatoms. The Hall–Kier alpha value is -1.06. The Labute approximate surface area is 161 Å². The first-order chi connectivity index (χ1) is 12.6. The number of carboxylic acids is 1. The molecule has 0 bridgehead atoms. The Morgan fingerprint density at radius 1 is 0.692 bits per heavy atom. The molecule has 1 unspecified atom stereocenters. The average Bonchev–Trinajstić information content (AvgIpc) is 2.60. The maximum atomic E-state index is 12.0. The van der Waals surface area contributed by atoms with Crippen LogP contribution in [0.3, 0.4) is 0 Å². The van der Waals surface area contributed by atoms with Crippen LogP contribution in [-0.4, -0.2) is 23.1 Å². The maximum absolute atomic E-state index is 12.0. The first kappa shape index (κ1) is 24.9. The summed E-state index contributed by atoms with van der Waals surface area (Å²) in [6.07, 6.45) is 17.1. The summed E-state index contributed by atoms with van der Waals surface area (Å²) in [4.78, 5) is 22.5. The number of hydrogen-bond donors (Lipinski definition) is 1. The lowest BCUT2D eigenvalue weighted by Gasteiger charge is -2.18. The van der Waals surface area contributed by atoms with Gasteiger partial charge in [-0.15, -0.1) is 0 Å². The van der Waals surface area contributed by atoms with Crippen molar-refractivity contribution in [2.75, 3.05) is 0 Å². The van der Waals surface area contributed by atoms with Crippen LogP contribution in [0, 0.1) is 0 Å². The zero-order valence-corrected chi connectivity index (χ0v) is 17.3. The molecule has 154 valence electrons. The number of carbonyl (C=O) groups is 2. The number of unbranched alkanes of at least 4 members (excludes halogenated alkanes) is 10. The van der Waals surface area contributed by atoms with Crippen molar-refractivity contribution in [1.29, 1.82) is 0 Å². The number of aliphatic carboxylic acids is 1. The van der Waals surface area contributed by atoms with E-state index in [2.05, 4.69) is 13.8 Å². The Morgan fingerprint density at radius 3 is 1.73 bits per heavy atom. The molecule has 1 N–H and O–H groups in total. The minimum absolute atomic E-state index is 0.0414. The number of ether oxygens (including phenoxy) is 1. The quantitative estimate of drug-likeness (QED) is 0.204. The van der Waals surface area contributed by atoms with E-state index in [0.717, 1.165) is 64.2 Å². The molecular formula is C22H42O4. The molecule has 0 aliphatic heterocycles. The lowest BCUT2D eigenvalue weighted by molar-refractivity contribution is -0.150. The zero-order valence-electron chi connectivity index (χ0n) is 17.3. The van der Waals surface area contributed by atoms with Crippen LogP contribution in [0.2, 0.25) is 0 Å². The molecule has 0 heterocycles. The molecule has 26 heavy (non-hydrogen) atoms. The van der Waals surface area contributed by atoms with Gasteiger partial charge in [-0.3, -0.25) is 9.59 Å². The largest absolute Gasteiger partial charge is 0.481 e. The van der Waals surface area contributed by atoms with Crippen molar-refractivity contribution >= 4 is 11.9 Å². The Bertz CT molecular complexity index is 341. The monoisotopic (exact) mass is 370 g/mol. The van der Waals surface area contributed by atoms with Crippen molar-refractivity contribution in [2.24, 2.45) is 0 Å². The highest BCUT2D eigenvalue weighted by atomic mass is 16.5. The number of carbonyl (C=O) groups excluding carboxylic acids is 1. The normalized spacial score (nSPS) is 12.1. The highest BCUT2D eigenvalue weighted by Crippen LogP contribution is 2.17. The van der Waals surface area contributed by atoms with Gasteiger partial charge in [-0.25, -0.2) is 0 Å². The third-order valence-corrected chi connectivity index (χ3v) is 4.83. The molecule has 0 saturated carbocycles. The predicted molar refractivity (Wildman–Crippen MR) is 107 cm³/mol. The molecule has 1 atom stereocenters. The van der Waals surface area contributed by atoms with Gasteiger partial charge in [0.1, 0.15) is 6.10 Å². The minimum Gasteiger partial charge on any atom is -0.481 e. The molecule has 0 rings (SSSR count). The fourth-order valence-electron chi connectivity index (χ4n) is 3.18. The number of hydrogen-bond acceptors (Lipinski definition) is 3. The molecule has 0 aliphatic rings. The lowest BCUT2D eigenvalue weighted by atomic mass is 10.0. The number of esters is 1. The van der Waals surface area contributed by atoms with Gasteiger partial charge in [0.25, 0.3) is 0 Å². The van der Waals surface area contributed by atoms with Gasteiger partial charge in [0.05, 0.1) is 0 Å². The third kappa shape index (κ3) is 17.8. The van der Waals surface area contributed by atoms with Crippen LogP contribution < -0.4 is 0 Å². The summed E-state index contributed by atoms with van der Waals surface area (Å²) in [6, 6.07) is 0. The van der Waals surface area contributed by atoms with Crippen molar-refractivity contribution in [3.05, 3.63) is 0 Å². The smallest absolute Gasteiger partial charge is 0.306 e. The van der Waals surface area contributed by atoms with E-state index in [9.17, 15) is 9.59 Å². The van der Waals surface area contributed by atoms with Gasteiger partial charge < -0.3 is 9.84 Å². The third-order valence-electron chi connectivity index (χ3n) is 4.83. The summed E-state index contributed by atoms with van der Waals surface area (Å²) in [5, 5.41) is 8.66. The summed E-state index contributed by atoms with van der Waals surface area (Å²) in [5.41, 5.74) is 0. The molecule has 0 aliphatic carbocycles. The fraction of sp³-hybridized carbons (Fsp3) is 0.909. The van der Waals surface area contributed by atoms with Gasteiger partial charge in [0.2, 0.25) is 0 Å². The van der Waals surface area contributed by atoms with Crippen LogP contribution >= 0.6 is 0 Å². The van der Waals surface area contributed by atoms with E-state index in [1.165, 1.54) is 32.1 Å². The topological polar surface area (TPSA) is 63.6 Å². The average molecular weight is 371 g/mol. The SMILES string of the molecule is CCCCCCCCC(CCCCCCC(=O)O)OC(=O)CCCCC. The van der Waals surface area contributed by atoms with E-state index in [1.54, 1.807) is 0 Å². The molecule has 0 amide bonds. The van der Waals surface area contributed by atoms with Crippen LogP contribution in [0.5, 0.6) is 0 Å². The van der Waals surface area contributed by atoms with Crippen LogP contribution in [0.25, 0.3) is 0 Å². The Balaban J connectivity index is 4.01. The standard InChI is InChI=1S/C22H42O4/c1-3-5-7-8-9-13-16-20(26-22(25)19-12-6-4-2)17-14-10-11-15-18-21(23)24/h20H,3-19H2,1-2H3,(H,23,24). The first-order valence-corrected chi connectivity index (χ1v) is 11.0. The van der Waals surface area contributed by atoms with Gasteiger partial charge in [0.15, 0.2) is 0 Å². The predicted octanol–water partition coefficient (Wildman–Crippen LogP) is 6.65. The minimum atomic E-state index is -0.716. The van der Waals surface area contributed by atoms with Gasteiger partial charge >= 0.3 is 11.9 Å². The van der Waals surface area contributed by atoms with Crippen LogP contribution in [0.4, 0.5) is 0 Å². The van der Waals surface area contributed by atoms with E-state index < -0.39 is 5.97 Å². The summed E-state index contributed by atoms with van der Waals surface area (Å²) >= 11 is 0. The van der Waals surface area contributed by atoms with E-state index in [1.807, 2.05) is 0 Å². The molecular weight excluding hydrogens is 328 g/mol. The molecule has 0 aromatic carbocycles. The van der Waals surface area contributed by atoms with Gasteiger partial charge in [-0.1, -0.05) is 71.6 Å². The fourth-order valence-corrected chi connectivity index (χ4v) is 3.18. The summed E-state index contributed by atoms with van der Waals surface area (Å²) < 4.78 is 5.74. The summed E-state index contributed by atoms with van der Waals surface area (Å²) in [6.45, 7) is 4.36. The van der Waals surface area contributed by atoms with Crippen molar-refractivity contribution in [1.82, 2.24) is 0 Å². The second-order valence-corrected chi connectivity index (χ2v) is 7.47. The van der Waals surface area contributed by atoms with Gasteiger partial charge in [-0.05, 0) is 38.5 Å². The molecule has 4 nitrogen and oxygen atoms in total. The lowest BCUT2D eigenvalue weighted by Crippen LogP contribution is -2.18. The Kier molecular flexibility index (Phi) is 18.0. The molecule has 0 fully saturated rings. The maximum Gasteiger partial charge on any atom is 0.306 e.